The highest BCUT2D eigenvalue weighted by atomic mass is 19.1. The summed E-state index contributed by atoms with van der Waals surface area (Å²) in [5, 5.41) is 10.6. The molecule has 1 aliphatic heterocycles. The van der Waals surface area contributed by atoms with E-state index >= 15 is 0 Å². The molecule has 0 bridgehead atoms. The number of nitrogens with two attached hydrogens (primary N) is 1. The first kappa shape index (κ1) is 16.6. The first-order valence-corrected chi connectivity index (χ1v) is 8.00. The first-order valence-electron chi connectivity index (χ1n) is 8.00. The summed E-state index contributed by atoms with van der Waals surface area (Å²) in [6.45, 7) is 2.59. The van der Waals surface area contributed by atoms with Crippen LogP contribution in [0, 0.1) is 12.7 Å². The number of amides is 1. The average Bonchev–Trinajstić information content (AvgIpc) is 2.53. The number of aliphatic hydroxyl groups excluding tert-OH is 1. The summed E-state index contributed by atoms with van der Waals surface area (Å²) in [7, 11) is 0. The fraction of sp³-hybridized carbons (Fsp3) is 0.316. The number of fused-ring (bicyclic) bond motifs is 1. The lowest BCUT2D eigenvalue weighted by molar-refractivity contribution is -0.124. The van der Waals surface area contributed by atoms with Gasteiger partial charge in [-0.1, -0.05) is 30.3 Å². The van der Waals surface area contributed by atoms with Crippen LogP contribution in [0.5, 0.6) is 0 Å². The van der Waals surface area contributed by atoms with Crippen molar-refractivity contribution in [2.45, 2.75) is 32.0 Å². The Hall–Kier alpha value is -2.24. The Morgan fingerprint density at radius 1 is 1.33 bits per heavy atom. The lowest BCUT2D eigenvalue weighted by Gasteiger charge is -2.36. The van der Waals surface area contributed by atoms with Crippen molar-refractivity contribution in [2.75, 3.05) is 6.54 Å². The smallest absolute Gasteiger partial charge is 0.235 e. The zero-order chi connectivity index (χ0) is 17.3. The van der Waals surface area contributed by atoms with Gasteiger partial charge in [0.2, 0.25) is 5.91 Å². The number of carbonyl (C=O) groups excluding carboxylic acids is 1. The Bertz CT molecular complexity index is 763. The predicted molar refractivity (Wildman–Crippen MR) is 89.6 cm³/mol. The standard InChI is InChI=1S/C19H21FN2O2/c1-12-8-15(20)6-7-16(12)18(23)11-22-10-14-5-3-2-4-13(14)9-17(22)19(21)24/h2-8,17-18,23H,9-11H2,1H3,(H2,21,24)/t17-,18?/m0/s1. The SMILES string of the molecule is Cc1cc(F)ccc1C(O)CN1Cc2ccccc2C[C@H]1C(N)=O. The van der Waals surface area contributed by atoms with Gasteiger partial charge in [0.15, 0.2) is 0 Å². The van der Waals surface area contributed by atoms with Gasteiger partial charge in [0.05, 0.1) is 12.1 Å². The molecule has 126 valence electrons. The van der Waals surface area contributed by atoms with Crippen LogP contribution >= 0.6 is 0 Å². The molecule has 1 unspecified atom stereocenters. The summed E-state index contributed by atoms with van der Waals surface area (Å²) in [4.78, 5) is 13.8. The fourth-order valence-electron chi connectivity index (χ4n) is 3.38. The van der Waals surface area contributed by atoms with Crippen molar-refractivity contribution in [1.82, 2.24) is 4.90 Å². The maximum atomic E-state index is 13.2. The molecule has 3 rings (SSSR count). The van der Waals surface area contributed by atoms with Crippen LogP contribution in [0.4, 0.5) is 4.39 Å². The third-order valence-corrected chi connectivity index (χ3v) is 4.67. The van der Waals surface area contributed by atoms with Crippen LogP contribution in [0.1, 0.15) is 28.4 Å². The number of hydrogen-bond donors (Lipinski definition) is 2. The first-order chi connectivity index (χ1) is 11.5. The summed E-state index contributed by atoms with van der Waals surface area (Å²) >= 11 is 0. The summed E-state index contributed by atoms with van der Waals surface area (Å²) in [5.41, 5.74) is 9.18. The Labute approximate surface area is 140 Å². The van der Waals surface area contributed by atoms with E-state index in [1.54, 1.807) is 13.0 Å². The van der Waals surface area contributed by atoms with E-state index in [9.17, 15) is 14.3 Å². The van der Waals surface area contributed by atoms with E-state index in [4.69, 9.17) is 5.73 Å². The fourth-order valence-corrected chi connectivity index (χ4v) is 3.38. The van der Waals surface area contributed by atoms with Crippen molar-refractivity contribution in [3.8, 4) is 0 Å². The molecule has 5 heteroatoms. The molecule has 1 heterocycles. The van der Waals surface area contributed by atoms with Crippen LogP contribution < -0.4 is 5.73 Å². The van der Waals surface area contributed by atoms with E-state index in [0.29, 0.717) is 24.1 Å². The lowest BCUT2D eigenvalue weighted by atomic mass is 9.92. The van der Waals surface area contributed by atoms with E-state index in [-0.39, 0.29) is 12.4 Å². The van der Waals surface area contributed by atoms with Crippen molar-refractivity contribution in [2.24, 2.45) is 5.73 Å². The van der Waals surface area contributed by atoms with E-state index in [1.807, 2.05) is 29.2 Å². The number of hydrogen-bond acceptors (Lipinski definition) is 3. The molecule has 0 radical (unpaired) electrons. The third-order valence-electron chi connectivity index (χ3n) is 4.67. The van der Waals surface area contributed by atoms with Gasteiger partial charge in [0.1, 0.15) is 5.82 Å². The normalized spacial score (nSPS) is 18.9. The molecule has 0 spiro atoms. The molecule has 1 aliphatic rings. The summed E-state index contributed by atoms with van der Waals surface area (Å²) in [6.07, 6.45) is -0.265. The quantitative estimate of drug-likeness (QED) is 0.903. The molecule has 3 N–H and O–H groups in total. The lowest BCUT2D eigenvalue weighted by Crippen LogP contribution is -2.49. The van der Waals surface area contributed by atoms with Crippen molar-refractivity contribution >= 4 is 5.91 Å². The molecule has 2 atom stereocenters. The van der Waals surface area contributed by atoms with E-state index < -0.39 is 18.1 Å². The van der Waals surface area contributed by atoms with Crippen LogP contribution in [-0.2, 0) is 17.8 Å². The summed E-state index contributed by atoms with van der Waals surface area (Å²) in [5.74, 6) is -0.724. The Kier molecular flexibility index (Phi) is 4.64. The third kappa shape index (κ3) is 3.32. The molecule has 1 amide bonds. The number of halogens is 1. The maximum Gasteiger partial charge on any atom is 0.235 e. The number of nitrogens with zero attached hydrogens (tertiary/aromatic N) is 1. The largest absolute Gasteiger partial charge is 0.387 e. The Balaban J connectivity index is 1.83. The number of rotatable bonds is 4. The Morgan fingerprint density at radius 3 is 2.71 bits per heavy atom. The maximum absolute atomic E-state index is 13.2. The van der Waals surface area contributed by atoms with Crippen LogP contribution in [-0.4, -0.2) is 28.5 Å². The number of carbonyl (C=O) groups is 1. The molecule has 0 saturated carbocycles. The molecule has 0 saturated heterocycles. The minimum absolute atomic E-state index is 0.272. The van der Waals surface area contributed by atoms with Gasteiger partial charge in [-0.2, -0.15) is 0 Å². The van der Waals surface area contributed by atoms with Gasteiger partial charge in [-0.3, -0.25) is 9.69 Å². The van der Waals surface area contributed by atoms with Crippen molar-refractivity contribution in [1.29, 1.82) is 0 Å². The number of primary amides is 1. The minimum Gasteiger partial charge on any atom is -0.387 e. The van der Waals surface area contributed by atoms with Crippen LogP contribution in [0.15, 0.2) is 42.5 Å². The second-order valence-electron chi connectivity index (χ2n) is 6.34. The van der Waals surface area contributed by atoms with Gasteiger partial charge in [0, 0.05) is 13.1 Å². The van der Waals surface area contributed by atoms with E-state index in [0.717, 1.165) is 11.1 Å². The molecular formula is C19H21FN2O2. The molecular weight excluding hydrogens is 307 g/mol. The molecule has 0 fully saturated rings. The molecule has 0 aliphatic carbocycles. The highest BCUT2D eigenvalue weighted by Gasteiger charge is 2.31. The average molecular weight is 328 g/mol. The predicted octanol–water partition coefficient (Wildman–Crippen LogP) is 2.08. The minimum atomic E-state index is -0.808. The van der Waals surface area contributed by atoms with Crippen molar-refractivity contribution < 1.29 is 14.3 Å². The monoisotopic (exact) mass is 328 g/mol. The molecule has 4 nitrogen and oxygen atoms in total. The van der Waals surface area contributed by atoms with Crippen molar-refractivity contribution in [3.05, 3.63) is 70.5 Å². The Morgan fingerprint density at radius 2 is 2.04 bits per heavy atom. The van der Waals surface area contributed by atoms with Gasteiger partial charge in [-0.05, 0) is 47.7 Å². The molecule has 2 aromatic rings. The molecule has 2 aromatic carbocycles. The van der Waals surface area contributed by atoms with Crippen LogP contribution in [0.3, 0.4) is 0 Å². The topological polar surface area (TPSA) is 66.6 Å². The zero-order valence-corrected chi connectivity index (χ0v) is 13.6. The summed E-state index contributed by atoms with van der Waals surface area (Å²) in [6, 6.07) is 11.8. The summed E-state index contributed by atoms with van der Waals surface area (Å²) < 4.78 is 13.2. The second kappa shape index (κ2) is 6.71. The van der Waals surface area contributed by atoms with E-state index in [1.165, 1.54) is 12.1 Å². The number of aryl methyl sites for hydroxylation is 1. The van der Waals surface area contributed by atoms with Crippen LogP contribution in [0.2, 0.25) is 0 Å². The van der Waals surface area contributed by atoms with Crippen molar-refractivity contribution in [3.63, 3.8) is 0 Å². The van der Waals surface area contributed by atoms with Gasteiger partial charge in [0.25, 0.3) is 0 Å². The molecule has 24 heavy (non-hydrogen) atoms. The van der Waals surface area contributed by atoms with Gasteiger partial charge in [-0.25, -0.2) is 4.39 Å². The van der Waals surface area contributed by atoms with E-state index in [2.05, 4.69) is 0 Å². The number of β-amino-alcohol motifs (C(OH)–C–C–N with tert-alkyl or cyclic N) is 1. The highest BCUT2D eigenvalue weighted by Crippen LogP contribution is 2.27. The van der Waals surface area contributed by atoms with Gasteiger partial charge in [-0.15, -0.1) is 0 Å². The highest BCUT2D eigenvalue weighted by molar-refractivity contribution is 5.80. The van der Waals surface area contributed by atoms with Gasteiger partial charge < -0.3 is 10.8 Å². The van der Waals surface area contributed by atoms with Crippen LogP contribution in [0.25, 0.3) is 0 Å². The number of benzene rings is 2. The van der Waals surface area contributed by atoms with Gasteiger partial charge >= 0.3 is 0 Å². The zero-order valence-electron chi connectivity index (χ0n) is 13.6. The second-order valence-corrected chi connectivity index (χ2v) is 6.34. The number of aliphatic hydroxyl groups is 1. The molecule has 0 aromatic heterocycles.